The standard InChI is InChI=1S/C14H15BrN2O2/c15-13-4-2-1-3-11(13)10-19-8-7-17-9-12(16)5-6-14(17)18/h1-6,9H,7-8,10,16H2. The Balaban J connectivity index is 1.86. The van der Waals surface area contributed by atoms with Crippen LogP contribution in [-0.4, -0.2) is 11.2 Å². The molecule has 19 heavy (non-hydrogen) atoms. The molecule has 0 spiro atoms. The largest absolute Gasteiger partial charge is 0.398 e. The summed E-state index contributed by atoms with van der Waals surface area (Å²) < 4.78 is 8.14. The first kappa shape index (κ1) is 13.8. The summed E-state index contributed by atoms with van der Waals surface area (Å²) in [5.41, 5.74) is 7.23. The molecule has 1 aromatic heterocycles. The molecule has 0 bridgehead atoms. The van der Waals surface area contributed by atoms with Gasteiger partial charge in [0, 0.05) is 29.0 Å². The number of rotatable bonds is 5. The highest BCUT2D eigenvalue weighted by atomic mass is 79.9. The van der Waals surface area contributed by atoms with Crippen LogP contribution in [0.25, 0.3) is 0 Å². The average molecular weight is 323 g/mol. The van der Waals surface area contributed by atoms with Gasteiger partial charge >= 0.3 is 0 Å². The lowest BCUT2D eigenvalue weighted by Crippen LogP contribution is -2.21. The summed E-state index contributed by atoms with van der Waals surface area (Å²) in [7, 11) is 0. The second-order valence-electron chi connectivity index (χ2n) is 4.14. The van der Waals surface area contributed by atoms with Gasteiger partial charge in [0.2, 0.25) is 0 Å². The van der Waals surface area contributed by atoms with Crippen LogP contribution in [0, 0.1) is 0 Å². The quantitative estimate of drug-likeness (QED) is 0.860. The molecular weight excluding hydrogens is 308 g/mol. The highest BCUT2D eigenvalue weighted by Crippen LogP contribution is 2.16. The summed E-state index contributed by atoms with van der Waals surface area (Å²) >= 11 is 3.46. The van der Waals surface area contributed by atoms with Gasteiger partial charge in [-0.15, -0.1) is 0 Å². The molecule has 100 valence electrons. The van der Waals surface area contributed by atoms with Crippen LogP contribution in [0.5, 0.6) is 0 Å². The molecule has 0 atom stereocenters. The molecule has 0 aliphatic heterocycles. The molecule has 5 heteroatoms. The number of nitrogens with two attached hydrogens (primary N) is 1. The molecule has 0 amide bonds. The van der Waals surface area contributed by atoms with Crippen molar-refractivity contribution in [3.05, 3.63) is 63.0 Å². The Kier molecular flexibility index (Phi) is 4.76. The maximum absolute atomic E-state index is 11.5. The molecule has 0 unspecified atom stereocenters. The van der Waals surface area contributed by atoms with E-state index in [2.05, 4.69) is 15.9 Å². The Morgan fingerprint density at radius 2 is 2.00 bits per heavy atom. The van der Waals surface area contributed by atoms with Crippen LogP contribution >= 0.6 is 15.9 Å². The average Bonchev–Trinajstić information content (AvgIpc) is 2.40. The SMILES string of the molecule is Nc1ccc(=O)n(CCOCc2ccccc2Br)c1. The first-order valence-corrected chi connectivity index (χ1v) is 6.73. The van der Waals surface area contributed by atoms with Crippen LogP contribution in [0.2, 0.25) is 0 Å². The van der Waals surface area contributed by atoms with Crippen LogP contribution in [0.3, 0.4) is 0 Å². The molecule has 0 radical (unpaired) electrons. The molecule has 0 aliphatic carbocycles. The summed E-state index contributed by atoms with van der Waals surface area (Å²) in [5.74, 6) is 0. The lowest BCUT2D eigenvalue weighted by molar-refractivity contribution is 0.112. The molecule has 2 N–H and O–H groups in total. The Morgan fingerprint density at radius 1 is 1.21 bits per heavy atom. The molecule has 1 aromatic carbocycles. The maximum atomic E-state index is 11.5. The third-order valence-electron chi connectivity index (χ3n) is 2.70. The van der Waals surface area contributed by atoms with Crippen molar-refractivity contribution < 1.29 is 4.74 Å². The van der Waals surface area contributed by atoms with E-state index in [-0.39, 0.29) is 5.56 Å². The van der Waals surface area contributed by atoms with Gasteiger partial charge in [0.05, 0.1) is 13.2 Å². The number of halogens is 1. The van der Waals surface area contributed by atoms with Gasteiger partial charge in [-0.1, -0.05) is 34.1 Å². The van der Waals surface area contributed by atoms with Crippen LogP contribution in [0.1, 0.15) is 5.56 Å². The summed E-state index contributed by atoms with van der Waals surface area (Å²) in [6.07, 6.45) is 1.63. The van der Waals surface area contributed by atoms with Crippen LogP contribution < -0.4 is 11.3 Å². The first-order chi connectivity index (χ1) is 9.16. The molecule has 1 heterocycles. The smallest absolute Gasteiger partial charge is 0.250 e. The van der Waals surface area contributed by atoms with Crippen LogP contribution in [0.15, 0.2) is 51.9 Å². The fraction of sp³-hybridized carbons (Fsp3) is 0.214. The number of hydrogen-bond donors (Lipinski definition) is 1. The van der Waals surface area contributed by atoms with Crippen LogP contribution in [0.4, 0.5) is 5.69 Å². The van der Waals surface area contributed by atoms with E-state index in [0.717, 1.165) is 10.0 Å². The summed E-state index contributed by atoms with van der Waals surface area (Å²) in [5, 5.41) is 0. The molecule has 0 fully saturated rings. The predicted octanol–water partition coefficient (Wildman–Crippen LogP) is 2.41. The highest BCUT2D eigenvalue weighted by Gasteiger charge is 2.00. The predicted molar refractivity (Wildman–Crippen MR) is 78.9 cm³/mol. The van der Waals surface area contributed by atoms with Crippen molar-refractivity contribution in [2.75, 3.05) is 12.3 Å². The normalized spacial score (nSPS) is 10.6. The van der Waals surface area contributed by atoms with E-state index in [1.54, 1.807) is 16.8 Å². The fourth-order valence-electron chi connectivity index (χ4n) is 1.69. The summed E-state index contributed by atoms with van der Waals surface area (Å²) in [4.78, 5) is 11.5. The van der Waals surface area contributed by atoms with E-state index in [4.69, 9.17) is 10.5 Å². The zero-order valence-corrected chi connectivity index (χ0v) is 12.0. The highest BCUT2D eigenvalue weighted by molar-refractivity contribution is 9.10. The zero-order chi connectivity index (χ0) is 13.7. The van der Waals surface area contributed by atoms with Gasteiger partial charge in [-0.05, 0) is 17.7 Å². The monoisotopic (exact) mass is 322 g/mol. The van der Waals surface area contributed by atoms with Gasteiger partial charge in [-0.25, -0.2) is 0 Å². The molecular formula is C14H15BrN2O2. The van der Waals surface area contributed by atoms with E-state index in [0.29, 0.717) is 25.4 Å². The van der Waals surface area contributed by atoms with Gasteiger partial charge in [0.1, 0.15) is 0 Å². The van der Waals surface area contributed by atoms with E-state index in [1.807, 2.05) is 24.3 Å². The molecule has 0 aliphatic rings. The summed E-state index contributed by atoms with van der Waals surface area (Å²) in [6.45, 7) is 1.47. The van der Waals surface area contributed by atoms with Crippen molar-refractivity contribution in [3.63, 3.8) is 0 Å². The number of nitrogen functional groups attached to an aromatic ring is 1. The van der Waals surface area contributed by atoms with Crippen molar-refractivity contribution in [1.29, 1.82) is 0 Å². The number of hydrogen-bond acceptors (Lipinski definition) is 3. The summed E-state index contributed by atoms with van der Waals surface area (Å²) in [6, 6.07) is 11.0. The molecule has 2 aromatic rings. The molecule has 0 saturated carbocycles. The van der Waals surface area contributed by atoms with Crippen molar-refractivity contribution in [1.82, 2.24) is 4.57 Å². The third kappa shape index (κ3) is 3.94. The number of benzene rings is 1. The van der Waals surface area contributed by atoms with Crippen molar-refractivity contribution in [3.8, 4) is 0 Å². The third-order valence-corrected chi connectivity index (χ3v) is 3.47. The van der Waals surface area contributed by atoms with Gasteiger partial charge in [0.25, 0.3) is 5.56 Å². The maximum Gasteiger partial charge on any atom is 0.250 e. The van der Waals surface area contributed by atoms with E-state index >= 15 is 0 Å². The topological polar surface area (TPSA) is 57.2 Å². The van der Waals surface area contributed by atoms with Crippen molar-refractivity contribution in [2.45, 2.75) is 13.2 Å². The molecule has 4 nitrogen and oxygen atoms in total. The first-order valence-electron chi connectivity index (χ1n) is 5.94. The Labute approximate surface area is 119 Å². The second kappa shape index (κ2) is 6.54. The fourth-order valence-corrected chi connectivity index (χ4v) is 2.08. The van der Waals surface area contributed by atoms with Crippen molar-refractivity contribution in [2.24, 2.45) is 0 Å². The lowest BCUT2D eigenvalue weighted by atomic mass is 10.2. The number of ether oxygens (including phenoxy) is 1. The number of aromatic nitrogens is 1. The van der Waals surface area contributed by atoms with Gasteiger partial charge in [-0.2, -0.15) is 0 Å². The molecule has 0 saturated heterocycles. The minimum absolute atomic E-state index is 0.0707. The molecule has 2 rings (SSSR count). The second-order valence-corrected chi connectivity index (χ2v) is 4.99. The number of anilines is 1. The van der Waals surface area contributed by atoms with E-state index in [9.17, 15) is 4.79 Å². The zero-order valence-electron chi connectivity index (χ0n) is 10.4. The minimum atomic E-state index is -0.0707. The number of nitrogens with zero attached hydrogens (tertiary/aromatic N) is 1. The van der Waals surface area contributed by atoms with Gasteiger partial charge in [-0.3, -0.25) is 4.79 Å². The Morgan fingerprint density at radius 3 is 2.79 bits per heavy atom. The van der Waals surface area contributed by atoms with Gasteiger partial charge in [0.15, 0.2) is 0 Å². The van der Waals surface area contributed by atoms with Gasteiger partial charge < -0.3 is 15.0 Å². The lowest BCUT2D eigenvalue weighted by Gasteiger charge is -2.08. The van der Waals surface area contributed by atoms with E-state index in [1.165, 1.54) is 6.07 Å². The van der Waals surface area contributed by atoms with Crippen molar-refractivity contribution >= 4 is 21.6 Å². The Hall–Kier alpha value is -1.59. The number of pyridine rings is 1. The van der Waals surface area contributed by atoms with E-state index < -0.39 is 0 Å². The van der Waals surface area contributed by atoms with Crippen LogP contribution in [-0.2, 0) is 17.9 Å². The minimum Gasteiger partial charge on any atom is -0.398 e. The Bertz CT molecular complexity index is 610.